The highest BCUT2D eigenvalue weighted by Crippen LogP contribution is 2.20. The maximum Gasteiger partial charge on any atom is 0.320 e. The van der Waals surface area contributed by atoms with Crippen molar-refractivity contribution in [2.45, 2.75) is 26.3 Å². The lowest BCUT2D eigenvalue weighted by atomic mass is 10.2. The zero-order valence-corrected chi connectivity index (χ0v) is 12.0. The molecule has 0 aliphatic rings. The third kappa shape index (κ3) is 3.74. The molecule has 20 heavy (non-hydrogen) atoms. The average molecular weight is 294 g/mol. The maximum absolute atomic E-state index is 12.7. The van der Waals surface area contributed by atoms with Gasteiger partial charge in [0.2, 0.25) is 0 Å². The van der Waals surface area contributed by atoms with E-state index in [0.29, 0.717) is 5.82 Å². The fourth-order valence-corrected chi connectivity index (χ4v) is 2.56. The van der Waals surface area contributed by atoms with Crippen LogP contribution in [0.1, 0.15) is 30.1 Å². The van der Waals surface area contributed by atoms with E-state index < -0.39 is 5.82 Å². The smallest absolute Gasteiger partial charge is 0.320 e. The Morgan fingerprint density at radius 2 is 2.30 bits per heavy atom. The molecule has 0 spiro atoms. The Morgan fingerprint density at radius 1 is 1.50 bits per heavy atom. The van der Waals surface area contributed by atoms with Gasteiger partial charge >= 0.3 is 6.03 Å². The first-order valence-corrected chi connectivity index (χ1v) is 7.07. The number of carbonyl (C=O) groups is 1. The minimum Gasteiger partial charge on any atom is -0.329 e. The van der Waals surface area contributed by atoms with Crippen molar-refractivity contribution < 1.29 is 9.18 Å². The molecular formula is C13H15FN4OS. The molecule has 0 fully saturated rings. The lowest BCUT2D eigenvalue weighted by Gasteiger charge is -2.14. The van der Waals surface area contributed by atoms with E-state index in [4.69, 9.17) is 0 Å². The van der Waals surface area contributed by atoms with E-state index in [1.807, 2.05) is 19.2 Å². The molecule has 0 aromatic carbocycles. The Morgan fingerprint density at radius 3 is 2.85 bits per heavy atom. The van der Waals surface area contributed by atoms with Gasteiger partial charge < -0.3 is 5.32 Å². The quantitative estimate of drug-likeness (QED) is 0.909. The Kier molecular flexibility index (Phi) is 4.62. The summed E-state index contributed by atoms with van der Waals surface area (Å²) < 4.78 is 12.7. The van der Waals surface area contributed by atoms with Crippen molar-refractivity contribution in [3.8, 4) is 0 Å². The summed E-state index contributed by atoms with van der Waals surface area (Å²) in [4.78, 5) is 20.0. The van der Waals surface area contributed by atoms with Crippen molar-refractivity contribution in [1.29, 1.82) is 0 Å². The number of pyridine rings is 1. The number of nitrogens with one attached hydrogen (secondary N) is 2. The molecule has 7 heteroatoms. The van der Waals surface area contributed by atoms with Gasteiger partial charge in [0, 0.05) is 11.1 Å². The fourth-order valence-electron chi connectivity index (χ4n) is 1.63. The van der Waals surface area contributed by atoms with Crippen molar-refractivity contribution in [3.05, 3.63) is 40.2 Å². The largest absolute Gasteiger partial charge is 0.329 e. The molecule has 0 radical (unpaired) electrons. The van der Waals surface area contributed by atoms with Crippen LogP contribution in [0.5, 0.6) is 0 Å². The van der Waals surface area contributed by atoms with Gasteiger partial charge in [0.25, 0.3) is 0 Å². The zero-order valence-electron chi connectivity index (χ0n) is 11.2. The van der Waals surface area contributed by atoms with Crippen molar-refractivity contribution in [2.75, 3.05) is 5.32 Å². The van der Waals surface area contributed by atoms with Crippen LogP contribution in [0.25, 0.3) is 0 Å². The molecule has 2 N–H and O–H groups in total. The second kappa shape index (κ2) is 6.42. The van der Waals surface area contributed by atoms with E-state index in [9.17, 15) is 9.18 Å². The average Bonchev–Trinajstić information content (AvgIpc) is 2.85. The summed E-state index contributed by atoms with van der Waals surface area (Å²) in [5.41, 5.74) is 0.936. The van der Waals surface area contributed by atoms with Crippen molar-refractivity contribution in [2.24, 2.45) is 0 Å². The van der Waals surface area contributed by atoms with Crippen molar-refractivity contribution in [1.82, 2.24) is 15.3 Å². The minimum atomic E-state index is -0.444. The molecule has 2 aromatic rings. The van der Waals surface area contributed by atoms with Gasteiger partial charge in [0.05, 0.1) is 12.2 Å². The number of urea groups is 1. The number of thiazole rings is 1. The summed E-state index contributed by atoms with van der Waals surface area (Å²) in [7, 11) is 0. The standard InChI is InChI=1S/C13H15FN4OS/c1-3-10(12-16-8(2)7-20-12)17-13(19)18-11-5-4-9(14)6-15-11/h4-7,10H,3H2,1-2H3,(H2,15,17,18,19). The normalized spacial score (nSPS) is 11.9. The summed E-state index contributed by atoms with van der Waals surface area (Å²) in [5, 5.41) is 8.19. The number of rotatable bonds is 4. The molecule has 2 aromatic heterocycles. The van der Waals surface area contributed by atoms with Crippen LogP contribution in [0.2, 0.25) is 0 Å². The predicted molar refractivity (Wildman–Crippen MR) is 76.2 cm³/mol. The van der Waals surface area contributed by atoms with E-state index >= 15 is 0 Å². The zero-order chi connectivity index (χ0) is 14.5. The van der Waals surface area contributed by atoms with E-state index in [2.05, 4.69) is 20.6 Å². The monoisotopic (exact) mass is 294 g/mol. The highest BCUT2D eigenvalue weighted by Gasteiger charge is 2.16. The van der Waals surface area contributed by atoms with Gasteiger partial charge in [-0.2, -0.15) is 0 Å². The molecule has 2 heterocycles. The molecule has 0 aliphatic heterocycles. The second-order valence-electron chi connectivity index (χ2n) is 4.25. The van der Waals surface area contributed by atoms with Gasteiger partial charge in [0.1, 0.15) is 16.6 Å². The van der Waals surface area contributed by atoms with Crippen LogP contribution >= 0.6 is 11.3 Å². The van der Waals surface area contributed by atoms with Crippen LogP contribution in [0.4, 0.5) is 15.0 Å². The van der Waals surface area contributed by atoms with Gasteiger partial charge in [-0.1, -0.05) is 6.92 Å². The molecule has 106 valence electrons. The molecule has 5 nitrogen and oxygen atoms in total. The first-order valence-electron chi connectivity index (χ1n) is 6.19. The highest BCUT2D eigenvalue weighted by atomic mass is 32.1. The topological polar surface area (TPSA) is 66.9 Å². The molecule has 2 amide bonds. The number of carbonyl (C=O) groups excluding carboxylic acids is 1. The van der Waals surface area contributed by atoms with Gasteiger partial charge in [-0.05, 0) is 25.5 Å². The molecule has 0 saturated heterocycles. The van der Waals surface area contributed by atoms with E-state index in [1.54, 1.807) is 0 Å². The summed E-state index contributed by atoms with van der Waals surface area (Å²) in [6, 6.07) is 2.12. The number of hydrogen-bond donors (Lipinski definition) is 2. The minimum absolute atomic E-state index is 0.144. The third-order valence-corrected chi connectivity index (χ3v) is 3.69. The van der Waals surface area contributed by atoms with Crippen LogP contribution in [-0.2, 0) is 0 Å². The van der Waals surface area contributed by atoms with Gasteiger partial charge in [-0.15, -0.1) is 11.3 Å². The van der Waals surface area contributed by atoms with Gasteiger partial charge in [-0.3, -0.25) is 5.32 Å². The number of nitrogens with zero attached hydrogens (tertiary/aromatic N) is 2. The third-order valence-electron chi connectivity index (χ3n) is 2.62. The molecule has 2 rings (SSSR count). The Balaban J connectivity index is 1.97. The Bertz CT molecular complexity index is 584. The Hall–Kier alpha value is -2.02. The molecular weight excluding hydrogens is 279 g/mol. The van der Waals surface area contributed by atoms with Crippen LogP contribution in [0, 0.1) is 12.7 Å². The number of hydrogen-bond acceptors (Lipinski definition) is 4. The number of amides is 2. The van der Waals surface area contributed by atoms with Crippen LogP contribution in [0.15, 0.2) is 23.7 Å². The second-order valence-corrected chi connectivity index (χ2v) is 5.14. The predicted octanol–water partition coefficient (Wildman–Crippen LogP) is 3.26. The molecule has 0 aliphatic carbocycles. The number of anilines is 1. The molecule has 1 atom stereocenters. The summed E-state index contributed by atoms with van der Waals surface area (Å²) in [6.07, 6.45) is 1.79. The maximum atomic E-state index is 12.7. The lowest BCUT2D eigenvalue weighted by Crippen LogP contribution is -2.32. The number of aryl methyl sites for hydroxylation is 1. The summed E-state index contributed by atoms with van der Waals surface area (Å²) in [6.45, 7) is 3.88. The van der Waals surface area contributed by atoms with Crippen molar-refractivity contribution >= 4 is 23.2 Å². The first-order chi connectivity index (χ1) is 9.58. The SMILES string of the molecule is CCC(NC(=O)Nc1ccc(F)cn1)c1nc(C)cs1. The summed E-state index contributed by atoms with van der Waals surface area (Å²) >= 11 is 1.51. The number of aromatic nitrogens is 2. The summed E-state index contributed by atoms with van der Waals surface area (Å²) in [5.74, 6) is -0.144. The molecule has 0 bridgehead atoms. The van der Waals surface area contributed by atoms with E-state index in [-0.39, 0.29) is 12.1 Å². The molecule has 0 saturated carbocycles. The van der Waals surface area contributed by atoms with E-state index in [1.165, 1.54) is 23.5 Å². The van der Waals surface area contributed by atoms with Crippen LogP contribution in [0.3, 0.4) is 0 Å². The highest BCUT2D eigenvalue weighted by molar-refractivity contribution is 7.09. The molecule has 1 unspecified atom stereocenters. The first kappa shape index (κ1) is 14.4. The van der Waals surface area contributed by atoms with Gasteiger partial charge in [0.15, 0.2) is 0 Å². The van der Waals surface area contributed by atoms with Crippen LogP contribution < -0.4 is 10.6 Å². The van der Waals surface area contributed by atoms with Gasteiger partial charge in [-0.25, -0.2) is 19.2 Å². The van der Waals surface area contributed by atoms with E-state index in [0.717, 1.165) is 23.3 Å². The lowest BCUT2D eigenvalue weighted by molar-refractivity contribution is 0.248. The van der Waals surface area contributed by atoms with Crippen LogP contribution in [-0.4, -0.2) is 16.0 Å². The van der Waals surface area contributed by atoms with Crippen molar-refractivity contribution in [3.63, 3.8) is 0 Å². The Labute approximate surface area is 120 Å². The number of halogens is 1. The fraction of sp³-hybridized carbons (Fsp3) is 0.308.